The van der Waals surface area contributed by atoms with Gasteiger partial charge in [-0.15, -0.1) is 0 Å². The molecule has 152 valence electrons. The van der Waals surface area contributed by atoms with Crippen LogP contribution < -0.4 is 4.90 Å². The molecule has 0 saturated carbocycles. The monoisotopic (exact) mass is 398 g/mol. The van der Waals surface area contributed by atoms with E-state index in [1.165, 1.54) is 13.0 Å². The van der Waals surface area contributed by atoms with Crippen molar-refractivity contribution in [1.82, 2.24) is 4.90 Å². The molecule has 1 aliphatic rings. The van der Waals surface area contributed by atoms with Gasteiger partial charge >= 0.3 is 5.97 Å². The average Bonchev–Trinajstić information content (AvgIpc) is 2.72. The van der Waals surface area contributed by atoms with E-state index in [1.807, 2.05) is 11.8 Å². The topological polar surface area (TPSA) is 66.9 Å². The molecule has 0 unspecified atom stereocenters. The molecule has 3 rings (SSSR count). The lowest BCUT2D eigenvalue weighted by molar-refractivity contribution is -0.134. The number of carbonyl (C=O) groups is 3. The number of piperazine rings is 1. The summed E-state index contributed by atoms with van der Waals surface area (Å²) in [6.45, 7) is 4.69. The van der Waals surface area contributed by atoms with Crippen molar-refractivity contribution in [2.24, 2.45) is 0 Å². The Balaban J connectivity index is 1.51. The van der Waals surface area contributed by atoms with E-state index in [-0.39, 0.29) is 18.3 Å². The van der Waals surface area contributed by atoms with Gasteiger partial charge in [-0.3, -0.25) is 9.59 Å². The molecule has 6 nitrogen and oxygen atoms in total. The van der Waals surface area contributed by atoms with Gasteiger partial charge in [0, 0.05) is 31.7 Å². The summed E-state index contributed by atoms with van der Waals surface area (Å²) >= 11 is 0. The summed E-state index contributed by atoms with van der Waals surface area (Å²) in [6.07, 6.45) is 0. The van der Waals surface area contributed by atoms with E-state index in [2.05, 4.69) is 0 Å². The zero-order chi connectivity index (χ0) is 21.0. The highest BCUT2D eigenvalue weighted by atomic mass is 19.1. The van der Waals surface area contributed by atoms with Crippen molar-refractivity contribution in [3.63, 3.8) is 0 Å². The minimum absolute atomic E-state index is 0.189. The third-order valence-electron chi connectivity index (χ3n) is 4.94. The smallest absolute Gasteiger partial charge is 0.338 e. The van der Waals surface area contributed by atoms with Crippen molar-refractivity contribution in [3.05, 3.63) is 65.0 Å². The quantitative estimate of drug-likeness (QED) is 0.572. The number of benzene rings is 2. The fraction of sp³-hybridized carbons (Fsp3) is 0.318. The fourth-order valence-corrected chi connectivity index (χ4v) is 3.17. The summed E-state index contributed by atoms with van der Waals surface area (Å²) in [6, 6.07) is 11.4. The minimum atomic E-state index is -0.537. The highest BCUT2D eigenvalue weighted by molar-refractivity contribution is 5.94. The summed E-state index contributed by atoms with van der Waals surface area (Å²) < 4.78 is 19.4. The Morgan fingerprint density at radius 1 is 0.966 bits per heavy atom. The third kappa shape index (κ3) is 4.99. The van der Waals surface area contributed by atoms with Gasteiger partial charge in [0.25, 0.3) is 5.91 Å². The molecule has 7 heteroatoms. The molecule has 0 spiro atoms. The van der Waals surface area contributed by atoms with E-state index in [0.29, 0.717) is 43.0 Å². The number of ether oxygens (including phenoxy) is 1. The maximum atomic E-state index is 14.3. The molecule has 1 aliphatic heterocycles. The predicted octanol–water partition coefficient (Wildman–Crippen LogP) is 2.84. The zero-order valence-corrected chi connectivity index (χ0v) is 16.5. The van der Waals surface area contributed by atoms with Gasteiger partial charge in [-0.2, -0.15) is 0 Å². The second kappa shape index (κ2) is 8.86. The van der Waals surface area contributed by atoms with Crippen molar-refractivity contribution < 1.29 is 23.5 Å². The van der Waals surface area contributed by atoms with Crippen LogP contribution in [-0.4, -0.2) is 55.3 Å². The molecule has 0 aliphatic carbocycles. The molecule has 2 aromatic rings. The Hall–Kier alpha value is -3.22. The van der Waals surface area contributed by atoms with Crippen LogP contribution in [0.5, 0.6) is 0 Å². The summed E-state index contributed by atoms with van der Waals surface area (Å²) in [5.74, 6) is -1.46. The Bertz CT molecular complexity index is 919. The SMILES string of the molecule is CC(=O)c1ccc(N2CCN(C(=O)COC(=O)c3ccc(C)cc3)CC2)c(F)c1. The summed E-state index contributed by atoms with van der Waals surface area (Å²) in [4.78, 5) is 39.2. The number of halogens is 1. The largest absolute Gasteiger partial charge is 0.452 e. The molecule has 1 heterocycles. The van der Waals surface area contributed by atoms with E-state index >= 15 is 0 Å². The highest BCUT2D eigenvalue weighted by Crippen LogP contribution is 2.22. The standard InChI is InChI=1S/C22H23FN2O4/c1-15-3-5-17(6-4-15)22(28)29-14-21(27)25-11-9-24(10-12-25)20-8-7-18(16(2)26)13-19(20)23/h3-8,13H,9-12,14H2,1-2H3. The number of Topliss-reactive ketones (excluding diaryl/α,β-unsaturated/α-hetero) is 1. The first-order valence-electron chi connectivity index (χ1n) is 9.42. The van der Waals surface area contributed by atoms with Gasteiger partial charge < -0.3 is 14.5 Å². The maximum absolute atomic E-state index is 14.3. The lowest BCUT2D eigenvalue weighted by Crippen LogP contribution is -2.50. The van der Waals surface area contributed by atoms with Crippen LogP contribution in [0.1, 0.15) is 33.2 Å². The molecule has 0 atom stereocenters. The third-order valence-corrected chi connectivity index (χ3v) is 4.94. The molecule has 2 aromatic carbocycles. The fourth-order valence-electron chi connectivity index (χ4n) is 3.17. The molecule has 0 aromatic heterocycles. The Labute approximate surface area is 168 Å². The van der Waals surface area contributed by atoms with Crippen LogP contribution in [0.4, 0.5) is 10.1 Å². The number of nitrogens with zero attached hydrogens (tertiary/aromatic N) is 2. The molecule has 0 radical (unpaired) electrons. The lowest BCUT2D eigenvalue weighted by atomic mass is 10.1. The molecule has 1 amide bonds. The van der Waals surface area contributed by atoms with Gasteiger partial charge in [-0.1, -0.05) is 17.7 Å². The van der Waals surface area contributed by atoms with Gasteiger partial charge in [0.1, 0.15) is 5.82 Å². The highest BCUT2D eigenvalue weighted by Gasteiger charge is 2.24. The average molecular weight is 398 g/mol. The summed E-state index contributed by atoms with van der Waals surface area (Å²) in [5.41, 5.74) is 2.17. The molecular formula is C22H23FN2O4. The van der Waals surface area contributed by atoms with E-state index < -0.39 is 11.8 Å². The second-order valence-corrected chi connectivity index (χ2v) is 7.03. The van der Waals surface area contributed by atoms with Crippen molar-refractivity contribution >= 4 is 23.3 Å². The molecule has 0 N–H and O–H groups in total. The van der Waals surface area contributed by atoms with E-state index in [4.69, 9.17) is 4.74 Å². The number of rotatable bonds is 5. The van der Waals surface area contributed by atoms with E-state index in [1.54, 1.807) is 41.3 Å². The lowest BCUT2D eigenvalue weighted by Gasteiger charge is -2.36. The number of hydrogen-bond donors (Lipinski definition) is 0. The van der Waals surface area contributed by atoms with E-state index in [9.17, 15) is 18.8 Å². The first kappa shape index (κ1) is 20.5. The summed E-state index contributed by atoms with van der Waals surface area (Å²) in [5, 5.41) is 0. The van der Waals surface area contributed by atoms with Crippen LogP contribution >= 0.6 is 0 Å². The minimum Gasteiger partial charge on any atom is -0.452 e. The maximum Gasteiger partial charge on any atom is 0.338 e. The van der Waals surface area contributed by atoms with Gasteiger partial charge in [0.05, 0.1) is 11.3 Å². The van der Waals surface area contributed by atoms with Gasteiger partial charge in [0.2, 0.25) is 0 Å². The second-order valence-electron chi connectivity index (χ2n) is 7.03. The van der Waals surface area contributed by atoms with Crippen LogP contribution in [-0.2, 0) is 9.53 Å². The van der Waals surface area contributed by atoms with Crippen molar-refractivity contribution in [3.8, 4) is 0 Å². The number of ketones is 1. The van der Waals surface area contributed by atoms with Crippen LogP contribution in [0, 0.1) is 12.7 Å². The van der Waals surface area contributed by atoms with Crippen LogP contribution in [0.25, 0.3) is 0 Å². The number of esters is 1. The van der Waals surface area contributed by atoms with Gasteiger partial charge in [-0.05, 0) is 44.2 Å². The molecule has 1 fully saturated rings. The molecule has 0 bridgehead atoms. The number of amides is 1. The first-order valence-corrected chi connectivity index (χ1v) is 9.42. The first-order chi connectivity index (χ1) is 13.8. The number of hydrogen-bond acceptors (Lipinski definition) is 5. The van der Waals surface area contributed by atoms with Crippen molar-refractivity contribution in [1.29, 1.82) is 0 Å². The van der Waals surface area contributed by atoms with Gasteiger partial charge in [-0.25, -0.2) is 9.18 Å². The number of carbonyl (C=O) groups excluding carboxylic acids is 3. The van der Waals surface area contributed by atoms with Crippen molar-refractivity contribution in [2.45, 2.75) is 13.8 Å². The zero-order valence-electron chi connectivity index (χ0n) is 16.5. The van der Waals surface area contributed by atoms with Gasteiger partial charge in [0.15, 0.2) is 12.4 Å². The molecular weight excluding hydrogens is 375 g/mol. The molecule has 1 saturated heterocycles. The normalized spacial score (nSPS) is 13.9. The Kier molecular flexibility index (Phi) is 6.26. The Morgan fingerprint density at radius 2 is 1.59 bits per heavy atom. The Morgan fingerprint density at radius 3 is 2.17 bits per heavy atom. The van der Waals surface area contributed by atoms with Crippen LogP contribution in [0.3, 0.4) is 0 Å². The van der Waals surface area contributed by atoms with Crippen LogP contribution in [0.2, 0.25) is 0 Å². The van der Waals surface area contributed by atoms with Crippen molar-refractivity contribution in [2.75, 3.05) is 37.7 Å². The number of aryl methyl sites for hydroxylation is 1. The van der Waals surface area contributed by atoms with Crippen LogP contribution in [0.15, 0.2) is 42.5 Å². The number of anilines is 1. The molecule has 29 heavy (non-hydrogen) atoms. The van der Waals surface area contributed by atoms with E-state index in [0.717, 1.165) is 5.56 Å². The summed E-state index contributed by atoms with van der Waals surface area (Å²) in [7, 11) is 0. The predicted molar refractivity (Wildman–Crippen MR) is 107 cm³/mol.